The second kappa shape index (κ2) is 5.01. The molecule has 5 nitrogen and oxygen atoms in total. The predicted octanol–water partition coefficient (Wildman–Crippen LogP) is 1.14. The van der Waals surface area contributed by atoms with E-state index >= 15 is 0 Å². The van der Waals surface area contributed by atoms with E-state index in [9.17, 15) is 4.79 Å². The fraction of sp³-hybridized carbons (Fsp3) is 0.909. The van der Waals surface area contributed by atoms with Crippen LogP contribution in [0.5, 0.6) is 0 Å². The molecule has 2 N–H and O–H groups in total. The number of rotatable bonds is 3. The number of carboxylic acid groups (broad SMARTS) is 1. The molecule has 0 unspecified atom stereocenters. The number of nitrogens with one attached hydrogen (secondary N) is 1. The Morgan fingerprint density at radius 2 is 2.12 bits per heavy atom. The Balaban J connectivity index is 2.62. The summed E-state index contributed by atoms with van der Waals surface area (Å²) in [7, 11) is 0. The molecule has 5 heteroatoms. The molecule has 0 aromatic heterocycles. The SMILES string of the molecule is CCO[C@H]1CN(C(=O)O)C[C@@H]1NC(C)(C)C. The van der Waals surface area contributed by atoms with Gasteiger partial charge in [-0.3, -0.25) is 0 Å². The molecule has 16 heavy (non-hydrogen) atoms. The van der Waals surface area contributed by atoms with Gasteiger partial charge in [-0.2, -0.15) is 0 Å². The average molecular weight is 230 g/mol. The maximum absolute atomic E-state index is 10.9. The van der Waals surface area contributed by atoms with Crippen LogP contribution in [0.1, 0.15) is 27.7 Å². The summed E-state index contributed by atoms with van der Waals surface area (Å²) in [6.45, 7) is 9.70. The summed E-state index contributed by atoms with van der Waals surface area (Å²) < 4.78 is 5.57. The van der Waals surface area contributed by atoms with Gasteiger partial charge >= 0.3 is 6.09 Å². The van der Waals surface area contributed by atoms with E-state index in [-0.39, 0.29) is 17.7 Å². The predicted molar refractivity (Wildman–Crippen MR) is 61.7 cm³/mol. The van der Waals surface area contributed by atoms with Crippen LogP contribution < -0.4 is 5.32 Å². The van der Waals surface area contributed by atoms with Gasteiger partial charge in [0.15, 0.2) is 0 Å². The van der Waals surface area contributed by atoms with Crippen LogP contribution in [-0.2, 0) is 4.74 Å². The van der Waals surface area contributed by atoms with Gasteiger partial charge in [0, 0.05) is 18.7 Å². The lowest BCUT2D eigenvalue weighted by molar-refractivity contribution is 0.0478. The third kappa shape index (κ3) is 3.64. The molecule has 2 atom stereocenters. The average Bonchev–Trinajstić information content (AvgIpc) is 2.47. The van der Waals surface area contributed by atoms with E-state index in [2.05, 4.69) is 26.1 Å². The molecule has 1 rings (SSSR count). The number of likely N-dealkylation sites (tertiary alicyclic amines) is 1. The zero-order valence-electron chi connectivity index (χ0n) is 10.5. The van der Waals surface area contributed by atoms with Crippen LogP contribution in [0, 0.1) is 0 Å². The molecule has 1 saturated heterocycles. The van der Waals surface area contributed by atoms with Crippen molar-refractivity contribution in [1.82, 2.24) is 10.2 Å². The molecule has 1 amide bonds. The van der Waals surface area contributed by atoms with Gasteiger partial charge in [-0.15, -0.1) is 0 Å². The minimum atomic E-state index is -0.872. The maximum Gasteiger partial charge on any atom is 0.407 e. The summed E-state index contributed by atoms with van der Waals surface area (Å²) in [5, 5.41) is 12.4. The highest BCUT2D eigenvalue weighted by molar-refractivity contribution is 5.65. The fourth-order valence-corrected chi connectivity index (χ4v) is 2.01. The van der Waals surface area contributed by atoms with Crippen molar-refractivity contribution < 1.29 is 14.6 Å². The molecule has 0 aromatic carbocycles. The Kier molecular flexibility index (Phi) is 4.15. The van der Waals surface area contributed by atoms with Crippen molar-refractivity contribution in [2.24, 2.45) is 0 Å². The number of hydrogen-bond acceptors (Lipinski definition) is 3. The lowest BCUT2D eigenvalue weighted by Crippen LogP contribution is -2.50. The van der Waals surface area contributed by atoms with Crippen LogP contribution in [0.4, 0.5) is 4.79 Å². The first-order chi connectivity index (χ1) is 7.33. The second-order valence-corrected chi connectivity index (χ2v) is 5.18. The Morgan fingerprint density at radius 1 is 1.50 bits per heavy atom. The molecular formula is C11H22N2O3. The van der Waals surface area contributed by atoms with Crippen LogP contribution in [0.15, 0.2) is 0 Å². The van der Waals surface area contributed by atoms with Gasteiger partial charge in [0.1, 0.15) is 0 Å². The Hall–Kier alpha value is -0.810. The molecule has 0 radical (unpaired) electrons. The van der Waals surface area contributed by atoms with Crippen LogP contribution in [-0.4, -0.2) is 53.5 Å². The first-order valence-corrected chi connectivity index (χ1v) is 5.70. The molecule has 0 bridgehead atoms. The van der Waals surface area contributed by atoms with Crippen molar-refractivity contribution in [2.45, 2.75) is 45.4 Å². The van der Waals surface area contributed by atoms with Crippen LogP contribution in [0.25, 0.3) is 0 Å². The van der Waals surface area contributed by atoms with Gasteiger partial charge in [0.25, 0.3) is 0 Å². The van der Waals surface area contributed by atoms with E-state index in [1.807, 2.05) is 6.92 Å². The summed E-state index contributed by atoms with van der Waals surface area (Å²) in [5.74, 6) is 0. The molecule has 0 aliphatic carbocycles. The Bertz CT molecular complexity index is 250. The minimum absolute atomic E-state index is 0.0332. The van der Waals surface area contributed by atoms with E-state index < -0.39 is 6.09 Å². The van der Waals surface area contributed by atoms with Gasteiger partial charge in [0.05, 0.1) is 18.7 Å². The minimum Gasteiger partial charge on any atom is -0.465 e. The molecule has 1 heterocycles. The standard InChI is InChI=1S/C11H22N2O3/c1-5-16-9-7-13(10(14)15)6-8(9)12-11(2,3)4/h8-9,12H,5-7H2,1-4H3,(H,14,15)/t8-,9-/m0/s1. The van der Waals surface area contributed by atoms with Crippen molar-refractivity contribution in [3.05, 3.63) is 0 Å². The van der Waals surface area contributed by atoms with Crippen molar-refractivity contribution >= 4 is 6.09 Å². The normalized spacial score (nSPS) is 26.1. The highest BCUT2D eigenvalue weighted by Crippen LogP contribution is 2.16. The fourth-order valence-electron chi connectivity index (χ4n) is 2.01. The van der Waals surface area contributed by atoms with Crippen molar-refractivity contribution in [3.8, 4) is 0 Å². The smallest absolute Gasteiger partial charge is 0.407 e. The Morgan fingerprint density at radius 3 is 2.56 bits per heavy atom. The first kappa shape index (κ1) is 13.3. The van der Waals surface area contributed by atoms with Crippen molar-refractivity contribution in [3.63, 3.8) is 0 Å². The monoisotopic (exact) mass is 230 g/mol. The highest BCUT2D eigenvalue weighted by atomic mass is 16.5. The van der Waals surface area contributed by atoms with Crippen LogP contribution in [0.3, 0.4) is 0 Å². The summed E-state index contributed by atoms with van der Waals surface area (Å²) in [5.41, 5.74) is -0.0332. The molecule has 0 spiro atoms. The molecule has 0 aromatic rings. The number of ether oxygens (including phenoxy) is 1. The molecule has 1 fully saturated rings. The van der Waals surface area contributed by atoms with E-state index in [1.165, 1.54) is 4.90 Å². The number of hydrogen-bond donors (Lipinski definition) is 2. The lowest BCUT2D eigenvalue weighted by Gasteiger charge is -2.28. The van der Waals surface area contributed by atoms with E-state index in [1.54, 1.807) is 0 Å². The van der Waals surface area contributed by atoms with Gasteiger partial charge < -0.3 is 20.1 Å². The lowest BCUT2D eigenvalue weighted by atomic mass is 10.1. The van der Waals surface area contributed by atoms with E-state index in [4.69, 9.17) is 9.84 Å². The van der Waals surface area contributed by atoms with Gasteiger partial charge in [-0.1, -0.05) is 0 Å². The summed E-state index contributed by atoms with van der Waals surface area (Å²) in [6, 6.07) is 0.0797. The zero-order chi connectivity index (χ0) is 12.3. The molecule has 1 aliphatic heterocycles. The van der Waals surface area contributed by atoms with Gasteiger partial charge in [-0.05, 0) is 27.7 Å². The summed E-state index contributed by atoms with van der Waals surface area (Å²) in [6.07, 6.45) is -0.914. The zero-order valence-corrected chi connectivity index (χ0v) is 10.5. The summed E-state index contributed by atoms with van der Waals surface area (Å²) in [4.78, 5) is 12.3. The van der Waals surface area contributed by atoms with Gasteiger partial charge in [0.2, 0.25) is 0 Å². The molecule has 0 saturated carbocycles. The molecule has 1 aliphatic rings. The first-order valence-electron chi connectivity index (χ1n) is 5.70. The maximum atomic E-state index is 10.9. The third-order valence-electron chi connectivity index (χ3n) is 2.54. The second-order valence-electron chi connectivity index (χ2n) is 5.18. The third-order valence-corrected chi connectivity index (χ3v) is 2.54. The van der Waals surface area contributed by atoms with Crippen molar-refractivity contribution in [2.75, 3.05) is 19.7 Å². The number of carbonyl (C=O) groups is 1. The molecule has 94 valence electrons. The quantitative estimate of drug-likeness (QED) is 0.763. The van der Waals surface area contributed by atoms with Crippen LogP contribution in [0.2, 0.25) is 0 Å². The summed E-state index contributed by atoms with van der Waals surface area (Å²) >= 11 is 0. The van der Waals surface area contributed by atoms with E-state index in [0.29, 0.717) is 19.7 Å². The highest BCUT2D eigenvalue weighted by Gasteiger charge is 2.37. The largest absolute Gasteiger partial charge is 0.465 e. The number of amides is 1. The van der Waals surface area contributed by atoms with Crippen LogP contribution >= 0.6 is 0 Å². The topological polar surface area (TPSA) is 61.8 Å². The number of nitrogens with zero attached hydrogens (tertiary/aromatic N) is 1. The van der Waals surface area contributed by atoms with E-state index in [0.717, 1.165) is 0 Å². The van der Waals surface area contributed by atoms with Gasteiger partial charge in [-0.25, -0.2) is 4.79 Å². The molecular weight excluding hydrogens is 208 g/mol. The Labute approximate surface area is 96.8 Å². The van der Waals surface area contributed by atoms with Crippen molar-refractivity contribution in [1.29, 1.82) is 0 Å².